The Labute approximate surface area is 83.0 Å². The molecule has 1 saturated heterocycles. The van der Waals surface area contributed by atoms with Crippen LogP contribution < -0.4 is 0 Å². The number of carbonyl (C=O) groups excluding carboxylic acids is 1. The van der Waals surface area contributed by atoms with Crippen LogP contribution in [0.2, 0.25) is 0 Å². The van der Waals surface area contributed by atoms with E-state index in [9.17, 15) is 4.79 Å². The molecule has 1 fully saturated rings. The second-order valence-electron chi connectivity index (χ2n) is 2.31. The van der Waals surface area contributed by atoms with Crippen LogP contribution in [0, 0.1) is 0 Å². The third-order valence-corrected chi connectivity index (χ3v) is 1.29. The normalized spacial score (nSPS) is 14.4. The zero-order valence-electron chi connectivity index (χ0n) is 8.07. The number of carbonyl (C=O) groups is 2. The summed E-state index contributed by atoms with van der Waals surface area (Å²) in [6, 6.07) is 0. The number of hydrogen-bond acceptors (Lipinski definition) is 3. The van der Waals surface area contributed by atoms with Gasteiger partial charge >= 0.3 is 12.1 Å². The predicted molar refractivity (Wildman–Crippen MR) is 51.3 cm³/mol. The Balaban J connectivity index is 0. The van der Waals surface area contributed by atoms with Crippen LogP contribution in [0.4, 0.5) is 4.79 Å². The van der Waals surface area contributed by atoms with Crippen LogP contribution in [0.3, 0.4) is 0 Å². The van der Waals surface area contributed by atoms with Crippen molar-refractivity contribution in [3.63, 3.8) is 0 Å². The zero-order valence-corrected chi connectivity index (χ0v) is 8.07. The third kappa shape index (κ3) is 16.8. The van der Waals surface area contributed by atoms with Gasteiger partial charge in [0.1, 0.15) is 0 Å². The maximum atomic E-state index is 10.5. The van der Waals surface area contributed by atoms with Crippen LogP contribution in [-0.2, 0) is 9.53 Å². The van der Waals surface area contributed by atoms with Gasteiger partial charge in [-0.25, -0.2) is 4.79 Å². The highest BCUT2D eigenvalue weighted by Crippen LogP contribution is 2.06. The van der Waals surface area contributed by atoms with E-state index in [1.807, 2.05) is 0 Å². The van der Waals surface area contributed by atoms with Crippen LogP contribution in [0.5, 0.6) is 0 Å². The highest BCUT2D eigenvalue weighted by atomic mass is 16.6. The molecule has 1 aliphatic heterocycles. The first kappa shape index (κ1) is 15.0. The van der Waals surface area contributed by atoms with E-state index >= 15 is 0 Å². The van der Waals surface area contributed by atoms with Gasteiger partial charge in [0.05, 0.1) is 6.61 Å². The summed E-state index contributed by atoms with van der Waals surface area (Å²) in [6.07, 6.45) is 2.00. The van der Waals surface area contributed by atoms with E-state index < -0.39 is 6.16 Å². The molecular formula is C9H16O5. The first-order chi connectivity index (χ1) is 6.63. The van der Waals surface area contributed by atoms with E-state index in [1.54, 1.807) is 0 Å². The Kier molecular flexibility index (Phi) is 12.3. The molecule has 2 N–H and O–H groups in total. The Bertz CT molecular complexity index is 153. The molecule has 1 rings (SSSR count). The monoisotopic (exact) mass is 204 g/mol. The smallest absolute Gasteiger partial charge is 0.466 e. The number of carboxylic acid groups (broad SMARTS) is 2. The van der Waals surface area contributed by atoms with Gasteiger partial charge in [0.15, 0.2) is 0 Å². The molecule has 0 spiro atoms. The summed E-state index contributed by atoms with van der Waals surface area (Å²) in [6.45, 7) is 6.64. The number of esters is 1. The van der Waals surface area contributed by atoms with Gasteiger partial charge in [0.25, 0.3) is 0 Å². The van der Waals surface area contributed by atoms with E-state index in [-0.39, 0.29) is 5.97 Å². The van der Waals surface area contributed by atoms with E-state index in [4.69, 9.17) is 19.7 Å². The molecule has 1 heterocycles. The Morgan fingerprint density at radius 2 is 1.71 bits per heavy atom. The summed E-state index contributed by atoms with van der Waals surface area (Å²) in [5, 5.41) is 13.9. The number of ether oxygens (including phenoxy) is 1. The highest BCUT2D eigenvalue weighted by Gasteiger charge is 2.05. The molecule has 0 atom stereocenters. The van der Waals surface area contributed by atoms with E-state index in [0.29, 0.717) is 13.0 Å². The lowest BCUT2D eigenvalue weighted by atomic mass is 10.2. The van der Waals surface area contributed by atoms with Crippen molar-refractivity contribution in [3.05, 3.63) is 13.2 Å². The van der Waals surface area contributed by atoms with Gasteiger partial charge in [0.2, 0.25) is 0 Å². The number of cyclic esters (lactones) is 1. The van der Waals surface area contributed by atoms with Crippen molar-refractivity contribution in [1.82, 2.24) is 0 Å². The van der Waals surface area contributed by atoms with Crippen molar-refractivity contribution in [3.8, 4) is 0 Å². The molecule has 5 heteroatoms. The van der Waals surface area contributed by atoms with Gasteiger partial charge in [-0.05, 0) is 19.3 Å². The largest absolute Gasteiger partial charge is 0.503 e. The van der Waals surface area contributed by atoms with Gasteiger partial charge in [0, 0.05) is 6.42 Å². The summed E-state index contributed by atoms with van der Waals surface area (Å²) in [4.78, 5) is 19.0. The minimum atomic E-state index is -1.83. The molecule has 0 amide bonds. The minimum absolute atomic E-state index is 0.0255. The SMILES string of the molecule is C=C.O=C(O)O.O=C1CCCCCO1. The first-order valence-electron chi connectivity index (χ1n) is 4.20. The average molecular weight is 204 g/mol. The second kappa shape index (κ2) is 11.5. The van der Waals surface area contributed by atoms with E-state index in [1.165, 1.54) is 0 Å². The van der Waals surface area contributed by atoms with Crippen LogP contribution in [0.1, 0.15) is 25.7 Å². The summed E-state index contributed by atoms with van der Waals surface area (Å²) < 4.78 is 4.76. The maximum absolute atomic E-state index is 10.5. The van der Waals surface area contributed by atoms with E-state index in [0.717, 1.165) is 19.3 Å². The Hall–Kier alpha value is -1.52. The minimum Gasteiger partial charge on any atom is -0.466 e. The summed E-state index contributed by atoms with van der Waals surface area (Å²) in [5.41, 5.74) is 0. The molecule has 0 aromatic rings. The van der Waals surface area contributed by atoms with Crippen LogP contribution in [0.25, 0.3) is 0 Å². The quantitative estimate of drug-likeness (QED) is 0.466. The number of rotatable bonds is 0. The van der Waals surface area contributed by atoms with Gasteiger partial charge in [-0.15, -0.1) is 13.2 Å². The topological polar surface area (TPSA) is 83.8 Å². The lowest BCUT2D eigenvalue weighted by Gasteiger charge is -1.93. The third-order valence-electron chi connectivity index (χ3n) is 1.29. The van der Waals surface area contributed by atoms with Crippen molar-refractivity contribution in [2.24, 2.45) is 0 Å². The molecule has 0 saturated carbocycles. The summed E-state index contributed by atoms with van der Waals surface area (Å²) in [7, 11) is 0. The Morgan fingerprint density at radius 1 is 1.21 bits per heavy atom. The van der Waals surface area contributed by atoms with Crippen molar-refractivity contribution >= 4 is 12.1 Å². The summed E-state index contributed by atoms with van der Waals surface area (Å²) >= 11 is 0. The highest BCUT2D eigenvalue weighted by molar-refractivity contribution is 5.69. The fourth-order valence-electron chi connectivity index (χ4n) is 0.806. The molecule has 0 aliphatic carbocycles. The fourth-order valence-corrected chi connectivity index (χ4v) is 0.806. The van der Waals surface area contributed by atoms with Gasteiger partial charge in [-0.1, -0.05) is 0 Å². The van der Waals surface area contributed by atoms with Gasteiger partial charge in [-0.3, -0.25) is 4.79 Å². The van der Waals surface area contributed by atoms with Crippen molar-refractivity contribution in [2.45, 2.75) is 25.7 Å². The zero-order chi connectivity index (χ0) is 11.4. The molecular weight excluding hydrogens is 188 g/mol. The molecule has 82 valence electrons. The maximum Gasteiger partial charge on any atom is 0.503 e. The van der Waals surface area contributed by atoms with Crippen molar-refractivity contribution < 1.29 is 24.5 Å². The molecule has 0 aromatic heterocycles. The molecule has 1 aliphatic rings. The Morgan fingerprint density at radius 3 is 2.21 bits per heavy atom. The fraction of sp³-hybridized carbons (Fsp3) is 0.556. The molecule has 14 heavy (non-hydrogen) atoms. The molecule has 0 bridgehead atoms. The van der Waals surface area contributed by atoms with Gasteiger partial charge in [-0.2, -0.15) is 0 Å². The first-order valence-corrected chi connectivity index (χ1v) is 4.20. The van der Waals surface area contributed by atoms with Crippen LogP contribution >= 0.6 is 0 Å². The average Bonchev–Trinajstić information content (AvgIpc) is 2.35. The lowest BCUT2D eigenvalue weighted by molar-refractivity contribution is -0.142. The number of hydrogen-bond donors (Lipinski definition) is 2. The molecule has 5 nitrogen and oxygen atoms in total. The van der Waals surface area contributed by atoms with Crippen LogP contribution in [-0.4, -0.2) is 28.9 Å². The molecule has 0 aromatic carbocycles. The van der Waals surface area contributed by atoms with Crippen LogP contribution in [0.15, 0.2) is 13.2 Å². The molecule has 0 unspecified atom stereocenters. The molecule has 0 radical (unpaired) electrons. The predicted octanol–water partition coefficient (Wildman–Crippen LogP) is 2.13. The van der Waals surface area contributed by atoms with Crippen molar-refractivity contribution in [2.75, 3.05) is 6.61 Å². The van der Waals surface area contributed by atoms with E-state index in [2.05, 4.69) is 13.2 Å². The summed E-state index contributed by atoms with van der Waals surface area (Å²) in [5.74, 6) is -0.0255. The van der Waals surface area contributed by atoms with Gasteiger partial charge < -0.3 is 14.9 Å². The standard InChI is InChI=1S/C6H10O2.C2H4.CH2O3/c7-6-4-2-1-3-5-8-6;1-2;2-1(3)4/h1-5H2;1-2H2;(H2,2,3,4). The second-order valence-corrected chi connectivity index (χ2v) is 2.31. The van der Waals surface area contributed by atoms with Crippen molar-refractivity contribution in [1.29, 1.82) is 0 Å². The lowest BCUT2D eigenvalue weighted by Crippen LogP contribution is -2.00.